The van der Waals surface area contributed by atoms with Crippen LogP contribution in [0.5, 0.6) is 0 Å². The maximum absolute atomic E-state index is 10.8. The molecular weight excluding hydrogens is 235 g/mol. The normalized spacial score (nSPS) is 10.1. The number of phosphoric acid groups is 1. The van der Waals surface area contributed by atoms with Crippen molar-refractivity contribution in [1.29, 1.82) is 0 Å². The highest BCUT2D eigenvalue weighted by Crippen LogP contribution is 2.25. The Balaban J connectivity index is 0. The molecule has 0 aromatic heterocycles. The van der Waals surface area contributed by atoms with E-state index in [1.54, 1.807) is 6.92 Å². The molecule has 0 heterocycles. The van der Waals surface area contributed by atoms with Crippen LogP contribution in [-0.2, 0) is 14.1 Å². The Labute approximate surface area is 95.2 Å². The molecule has 0 amide bonds. The van der Waals surface area contributed by atoms with Gasteiger partial charge in [-0.3, -0.25) is 0 Å². The zero-order chi connectivity index (χ0) is 13.2. The molecule has 0 aliphatic carbocycles. The summed E-state index contributed by atoms with van der Waals surface area (Å²) in [4.78, 5) is 32.3. The quantitative estimate of drug-likeness (QED) is 0.296. The Morgan fingerprint density at radius 2 is 1.75 bits per heavy atom. The third kappa shape index (κ3) is 23.3. The van der Waals surface area contributed by atoms with E-state index < -0.39 is 7.82 Å². The van der Waals surface area contributed by atoms with Gasteiger partial charge in [0.15, 0.2) is 0 Å². The standard InChI is InChI=1S/C9H16O2.H3O4P/c1-4-5-6-7-11-9(10)8(2)3;1-5(2,3)4/h2,4-7H2,1,3H3;(H3,1,2,3,4). The number of rotatable bonds is 5. The van der Waals surface area contributed by atoms with Crippen molar-refractivity contribution in [2.45, 2.75) is 33.1 Å². The van der Waals surface area contributed by atoms with Crippen LogP contribution in [0.4, 0.5) is 0 Å². The average Bonchev–Trinajstić information content (AvgIpc) is 2.09. The average molecular weight is 254 g/mol. The molecule has 0 unspecified atom stereocenters. The monoisotopic (exact) mass is 254 g/mol. The SMILES string of the molecule is C=C(C)C(=O)OCCCCC.O=P(O)(O)O. The highest BCUT2D eigenvalue weighted by Gasteiger charge is 2.01. The van der Waals surface area contributed by atoms with Gasteiger partial charge in [-0.05, 0) is 13.3 Å². The first-order chi connectivity index (χ1) is 7.18. The molecule has 7 heteroatoms. The van der Waals surface area contributed by atoms with Crippen LogP contribution >= 0.6 is 7.82 Å². The van der Waals surface area contributed by atoms with Gasteiger partial charge in [-0.25, -0.2) is 9.36 Å². The minimum Gasteiger partial charge on any atom is -0.462 e. The Hall–Kier alpha value is -0.680. The largest absolute Gasteiger partial charge is 0.466 e. The van der Waals surface area contributed by atoms with E-state index >= 15 is 0 Å². The van der Waals surface area contributed by atoms with E-state index in [9.17, 15) is 4.79 Å². The molecule has 0 fully saturated rings. The lowest BCUT2D eigenvalue weighted by molar-refractivity contribution is -0.139. The van der Waals surface area contributed by atoms with Crippen LogP contribution in [0.25, 0.3) is 0 Å². The lowest BCUT2D eigenvalue weighted by atomic mass is 10.3. The van der Waals surface area contributed by atoms with Gasteiger partial charge >= 0.3 is 13.8 Å². The predicted molar refractivity (Wildman–Crippen MR) is 59.6 cm³/mol. The lowest BCUT2D eigenvalue weighted by Gasteiger charge is -2.02. The van der Waals surface area contributed by atoms with Gasteiger partial charge in [0.05, 0.1) is 6.61 Å². The molecule has 3 N–H and O–H groups in total. The van der Waals surface area contributed by atoms with E-state index in [1.807, 2.05) is 0 Å². The summed E-state index contributed by atoms with van der Waals surface area (Å²) in [5.41, 5.74) is 0.474. The van der Waals surface area contributed by atoms with E-state index in [4.69, 9.17) is 24.0 Å². The third-order valence-corrected chi connectivity index (χ3v) is 1.33. The van der Waals surface area contributed by atoms with Crippen LogP contribution in [0.2, 0.25) is 0 Å². The molecule has 96 valence electrons. The molecule has 0 spiro atoms. The fourth-order valence-corrected chi connectivity index (χ4v) is 0.640. The molecule has 0 aliphatic heterocycles. The summed E-state index contributed by atoms with van der Waals surface area (Å²) in [5.74, 6) is -0.277. The highest BCUT2D eigenvalue weighted by molar-refractivity contribution is 7.45. The molecule has 0 rings (SSSR count). The minimum atomic E-state index is -4.64. The van der Waals surface area contributed by atoms with E-state index in [0.717, 1.165) is 19.3 Å². The zero-order valence-corrected chi connectivity index (χ0v) is 10.4. The van der Waals surface area contributed by atoms with Crippen molar-refractivity contribution >= 4 is 13.8 Å². The van der Waals surface area contributed by atoms with Crippen LogP contribution in [0.15, 0.2) is 12.2 Å². The first-order valence-corrected chi connectivity index (χ1v) is 6.36. The van der Waals surface area contributed by atoms with Crippen molar-refractivity contribution in [2.75, 3.05) is 6.61 Å². The topological polar surface area (TPSA) is 104 Å². The first-order valence-electron chi connectivity index (χ1n) is 4.79. The number of esters is 1. The Kier molecular flexibility index (Phi) is 10.6. The molecule has 0 aliphatic rings. The van der Waals surface area contributed by atoms with Crippen molar-refractivity contribution in [3.63, 3.8) is 0 Å². The van der Waals surface area contributed by atoms with E-state index in [1.165, 1.54) is 0 Å². The number of hydrogen-bond donors (Lipinski definition) is 3. The minimum absolute atomic E-state index is 0.277. The molecular formula is C9H19O6P. The first kappa shape index (κ1) is 17.7. The van der Waals surface area contributed by atoms with Crippen LogP contribution in [-0.4, -0.2) is 27.3 Å². The van der Waals surface area contributed by atoms with Crippen LogP contribution in [0, 0.1) is 0 Å². The number of ether oxygens (including phenoxy) is 1. The van der Waals surface area contributed by atoms with Gasteiger partial charge in [0.2, 0.25) is 0 Å². The second kappa shape index (κ2) is 9.54. The summed E-state index contributed by atoms with van der Waals surface area (Å²) >= 11 is 0. The van der Waals surface area contributed by atoms with Crippen molar-refractivity contribution in [2.24, 2.45) is 0 Å². The van der Waals surface area contributed by atoms with Gasteiger partial charge in [-0.2, -0.15) is 0 Å². The highest BCUT2D eigenvalue weighted by atomic mass is 31.2. The molecule has 0 radical (unpaired) electrons. The summed E-state index contributed by atoms with van der Waals surface area (Å²) in [5, 5.41) is 0. The summed E-state index contributed by atoms with van der Waals surface area (Å²) in [6.45, 7) is 7.77. The molecule has 0 aromatic rings. The Bertz CT molecular complexity index is 248. The maximum Gasteiger partial charge on any atom is 0.466 e. The summed E-state index contributed by atoms with van der Waals surface area (Å²) in [6.07, 6.45) is 3.21. The van der Waals surface area contributed by atoms with Crippen LogP contribution < -0.4 is 0 Å². The van der Waals surface area contributed by atoms with Crippen molar-refractivity contribution in [1.82, 2.24) is 0 Å². The number of unbranched alkanes of at least 4 members (excludes halogenated alkanes) is 2. The maximum atomic E-state index is 10.8. The molecule has 16 heavy (non-hydrogen) atoms. The fourth-order valence-electron chi connectivity index (χ4n) is 0.640. The van der Waals surface area contributed by atoms with E-state index in [0.29, 0.717) is 12.2 Å². The summed E-state index contributed by atoms with van der Waals surface area (Å²) in [7, 11) is -4.64. The molecule has 0 saturated carbocycles. The van der Waals surface area contributed by atoms with Gasteiger partial charge in [-0.15, -0.1) is 0 Å². The van der Waals surface area contributed by atoms with Gasteiger partial charge in [0.25, 0.3) is 0 Å². The summed E-state index contributed by atoms with van der Waals surface area (Å²) < 4.78 is 13.7. The predicted octanol–water partition coefficient (Wildman–Crippen LogP) is 1.37. The van der Waals surface area contributed by atoms with Gasteiger partial charge in [-0.1, -0.05) is 26.3 Å². The van der Waals surface area contributed by atoms with Gasteiger partial charge in [0.1, 0.15) is 0 Å². The summed E-state index contributed by atoms with van der Waals surface area (Å²) in [6, 6.07) is 0. The van der Waals surface area contributed by atoms with Gasteiger partial charge in [0, 0.05) is 5.57 Å². The molecule has 0 bridgehead atoms. The fraction of sp³-hybridized carbons (Fsp3) is 0.667. The molecule has 6 nitrogen and oxygen atoms in total. The second-order valence-electron chi connectivity index (χ2n) is 3.14. The smallest absolute Gasteiger partial charge is 0.462 e. The molecule has 0 aromatic carbocycles. The van der Waals surface area contributed by atoms with Gasteiger partial charge < -0.3 is 19.4 Å². The zero-order valence-electron chi connectivity index (χ0n) is 9.55. The van der Waals surface area contributed by atoms with E-state index in [-0.39, 0.29) is 5.97 Å². The second-order valence-corrected chi connectivity index (χ2v) is 4.16. The number of carbonyl (C=O) groups excluding carboxylic acids is 1. The van der Waals surface area contributed by atoms with Crippen LogP contribution in [0.3, 0.4) is 0 Å². The van der Waals surface area contributed by atoms with Crippen molar-refractivity contribution < 1.29 is 28.8 Å². The van der Waals surface area contributed by atoms with Crippen molar-refractivity contribution in [3.8, 4) is 0 Å². The third-order valence-electron chi connectivity index (χ3n) is 1.33. The number of carbonyl (C=O) groups is 1. The Morgan fingerprint density at radius 3 is 2.06 bits per heavy atom. The lowest BCUT2D eigenvalue weighted by Crippen LogP contribution is -2.05. The molecule has 0 atom stereocenters. The van der Waals surface area contributed by atoms with Crippen molar-refractivity contribution in [3.05, 3.63) is 12.2 Å². The number of hydrogen-bond acceptors (Lipinski definition) is 3. The van der Waals surface area contributed by atoms with Crippen LogP contribution in [0.1, 0.15) is 33.1 Å². The Morgan fingerprint density at radius 1 is 1.31 bits per heavy atom. The van der Waals surface area contributed by atoms with E-state index in [2.05, 4.69) is 13.5 Å². The molecule has 0 saturated heterocycles.